The van der Waals surface area contributed by atoms with Crippen molar-refractivity contribution in [3.05, 3.63) is 47.0 Å². The molecule has 7 heteroatoms. The molecule has 0 saturated heterocycles. The molecule has 25 heavy (non-hydrogen) atoms. The molecule has 0 aromatic carbocycles. The first-order valence-corrected chi connectivity index (χ1v) is 8.38. The summed E-state index contributed by atoms with van der Waals surface area (Å²) in [4.78, 5) is 18.2. The van der Waals surface area contributed by atoms with Gasteiger partial charge in [-0.05, 0) is 38.5 Å². The minimum absolute atomic E-state index is 0.0328. The van der Waals surface area contributed by atoms with E-state index in [0.29, 0.717) is 19.7 Å². The van der Waals surface area contributed by atoms with Crippen molar-refractivity contribution in [1.82, 2.24) is 25.0 Å². The number of pyridine rings is 1. The van der Waals surface area contributed by atoms with Crippen molar-refractivity contribution in [2.45, 2.75) is 39.9 Å². The molecule has 0 spiro atoms. The van der Waals surface area contributed by atoms with Gasteiger partial charge in [-0.1, -0.05) is 0 Å². The molecule has 7 nitrogen and oxygen atoms in total. The van der Waals surface area contributed by atoms with Crippen molar-refractivity contribution in [2.24, 2.45) is 0 Å². The van der Waals surface area contributed by atoms with Crippen LogP contribution >= 0.6 is 0 Å². The molecule has 136 valence electrons. The van der Waals surface area contributed by atoms with Gasteiger partial charge in [0.1, 0.15) is 0 Å². The summed E-state index contributed by atoms with van der Waals surface area (Å²) in [7, 11) is 3.47. The van der Waals surface area contributed by atoms with Gasteiger partial charge in [0.05, 0.1) is 24.9 Å². The number of carbonyl (C=O) groups is 1. The molecule has 0 aliphatic carbocycles. The normalized spacial score (nSPS) is 12.0. The van der Waals surface area contributed by atoms with Crippen molar-refractivity contribution in [3.63, 3.8) is 0 Å². The van der Waals surface area contributed by atoms with E-state index in [2.05, 4.69) is 15.4 Å². The Bertz CT molecular complexity index is 699. The minimum Gasteiger partial charge on any atom is -0.383 e. The van der Waals surface area contributed by atoms with E-state index in [9.17, 15) is 4.79 Å². The van der Waals surface area contributed by atoms with Crippen molar-refractivity contribution >= 4 is 6.03 Å². The van der Waals surface area contributed by atoms with Crippen LogP contribution in [0.1, 0.15) is 35.5 Å². The summed E-state index contributed by atoms with van der Waals surface area (Å²) in [6.07, 6.45) is 3.47. The lowest BCUT2D eigenvalue weighted by molar-refractivity contribution is 0.182. The lowest BCUT2D eigenvalue weighted by Crippen LogP contribution is -2.38. The molecule has 1 N–H and O–H groups in total. The Morgan fingerprint density at radius 1 is 1.36 bits per heavy atom. The van der Waals surface area contributed by atoms with Gasteiger partial charge in [0, 0.05) is 44.4 Å². The van der Waals surface area contributed by atoms with E-state index >= 15 is 0 Å². The minimum atomic E-state index is -0.118. The lowest BCUT2D eigenvalue weighted by Gasteiger charge is -2.25. The molecule has 0 fully saturated rings. The SMILES string of the molecule is COCCn1nc(C)c(CNC(=O)N(C)C(C)c2ccncc2)c1C. The van der Waals surface area contributed by atoms with Crippen LogP contribution in [0.4, 0.5) is 4.79 Å². The number of ether oxygens (including phenoxy) is 1. The second kappa shape index (κ2) is 8.62. The fraction of sp³-hybridized carbons (Fsp3) is 0.500. The Hall–Kier alpha value is -2.41. The van der Waals surface area contributed by atoms with Crippen LogP contribution in [-0.4, -0.2) is 46.5 Å². The van der Waals surface area contributed by atoms with Crippen LogP contribution in [0.25, 0.3) is 0 Å². The third kappa shape index (κ3) is 4.57. The number of methoxy groups -OCH3 is 1. The van der Waals surface area contributed by atoms with Crippen LogP contribution in [-0.2, 0) is 17.8 Å². The molecule has 2 heterocycles. The summed E-state index contributed by atoms with van der Waals surface area (Å²) in [5, 5.41) is 7.51. The predicted octanol–water partition coefficient (Wildman–Crippen LogP) is 2.44. The monoisotopic (exact) mass is 345 g/mol. The van der Waals surface area contributed by atoms with E-state index in [1.165, 1.54) is 0 Å². The number of urea groups is 1. The second-order valence-corrected chi connectivity index (χ2v) is 6.09. The molecular formula is C18H27N5O2. The van der Waals surface area contributed by atoms with E-state index < -0.39 is 0 Å². The maximum absolute atomic E-state index is 12.5. The molecule has 0 aliphatic rings. The van der Waals surface area contributed by atoms with E-state index in [4.69, 9.17) is 4.74 Å². The van der Waals surface area contributed by atoms with Gasteiger partial charge in [-0.15, -0.1) is 0 Å². The molecule has 0 radical (unpaired) electrons. The highest BCUT2D eigenvalue weighted by atomic mass is 16.5. The average Bonchev–Trinajstić information content (AvgIpc) is 2.90. The molecule has 1 unspecified atom stereocenters. The smallest absolute Gasteiger partial charge is 0.317 e. The Morgan fingerprint density at radius 2 is 2.04 bits per heavy atom. The summed E-state index contributed by atoms with van der Waals surface area (Å²) in [5.74, 6) is 0. The molecule has 2 aromatic heterocycles. The maximum atomic E-state index is 12.5. The van der Waals surface area contributed by atoms with E-state index in [1.54, 1.807) is 31.5 Å². The zero-order valence-corrected chi connectivity index (χ0v) is 15.6. The van der Waals surface area contributed by atoms with Crippen molar-refractivity contribution < 1.29 is 9.53 Å². The van der Waals surface area contributed by atoms with E-state index in [1.807, 2.05) is 37.6 Å². The van der Waals surface area contributed by atoms with Crippen LogP contribution in [0.15, 0.2) is 24.5 Å². The van der Waals surface area contributed by atoms with Crippen LogP contribution < -0.4 is 5.32 Å². The zero-order chi connectivity index (χ0) is 18.4. The summed E-state index contributed by atoms with van der Waals surface area (Å²) in [6, 6.07) is 3.69. The molecule has 1 atom stereocenters. The van der Waals surface area contributed by atoms with Gasteiger partial charge in [-0.3, -0.25) is 9.67 Å². The summed E-state index contributed by atoms with van der Waals surface area (Å²) < 4.78 is 7.03. The molecule has 0 saturated carbocycles. The van der Waals surface area contributed by atoms with Crippen molar-refractivity contribution in [3.8, 4) is 0 Å². The Balaban J connectivity index is 1.99. The highest BCUT2D eigenvalue weighted by molar-refractivity contribution is 5.74. The average molecular weight is 345 g/mol. The highest BCUT2D eigenvalue weighted by Crippen LogP contribution is 2.18. The first kappa shape index (κ1) is 18.9. The third-order valence-electron chi connectivity index (χ3n) is 4.54. The van der Waals surface area contributed by atoms with Crippen LogP contribution in [0.2, 0.25) is 0 Å². The Kier molecular flexibility index (Phi) is 6.52. The molecule has 0 aliphatic heterocycles. The number of aryl methyl sites for hydroxylation is 1. The lowest BCUT2D eigenvalue weighted by atomic mass is 10.1. The van der Waals surface area contributed by atoms with Crippen molar-refractivity contribution in [1.29, 1.82) is 0 Å². The summed E-state index contributed by atoms with van der Waals surface area (Å²) >= 11 is 0. The van der Waals surface area contributed by atoms with Gasteiger partial charge >= 0.3 is 6.03 Å². The number of carbonyl (C=O) groups excluding carboxylic acids is 1. The zero-order valence-electron chi connectivity index (χ0n) is 15.6. The van der Waals surface area contributed by atoms with Crippen LogP contribution in [0, 0.1) is 13.8 Å². The third-order valence-corrected chi connectivity index (χ3v) is 4.54. The first-order valence-electron chi connectivity index (χ1n) is 8.38. The fourth-order valence-corrected chi connectivity index (χ4v) is 2.72. The molecule has 2 aromatic rings. The highest BCUT2D eigenvalue weighted by Gasteiger charge is 2.18. The van der Waals surface area contributed by atoms with Crippen LogP contribution in [0.3, 0.4) is 0 Å². The number of nitrogens with one attached hydrogen (secondary N) is 1. The quantitative estimate of drug-likeness (QED) is 0.836. The van der Waals surface area contributed by atoms with E-state index in [-0.39, 0.29) is 12.1 Å². The van der Waals surface area contributed by atoms with Gasteiger partial charge < -0.3 is 15.0 Å². The number of nitrogens with zero attached hydrogens (tertiary/aromatic N) is 4. The first-order chi connectivity index (χ1) is 12.0. The number of aromatic nitrogens is 3. The molecule has 2 amide bonds. The van der Waals surface area contributed by atoms with Gasteiger partial charge in [-0.2, -0.15) is 5.10 Å². The maximum Gasteiger partial charge on any atom is 0.317 e. The van der Waals surface area contributed by atoms with Gasteiger partial charge in [0.25, 0.3) is 0 Å². The van der Waals surface area contributed by atoms with E-state index in [0.717, 1.165) is 22.5 Å². The molecule has 2 rings (SSSR count). The number of amides is 2. The standard InChI is InChI=1S/C18H27N5O2/c1-13-17(15(3)23(21-13)10-11-25-5)12-20-18(24)22(4)14(2)16-6-8-19-9-7-16/h6-9,14H,10-12H2,1-5H3,(H,20,24). The number of hydrogen-bond donors (Lipinski definition) is 1. The Morgan fingerprint density at radius 3 is 2.68 bits per heavy atom. The summed E-state index contributed by atoms with van der Waals surface area (Å²) in [6.45, 7) is 7.74. The van der Waals surface area contributed by atoms with Gasteiger partial charge in [-0.25, -0.2) is 4.79 Å². The largest absolute Gasteiger partial charge is 0.383 e. The van der Waals surface area contributed by atoms with Crippen molar-refractivity contribution in [2.75, 3.05) is 20.8 Å². The molecular weight excluding hydrogens is 318 g/mol. The van der Waals surface area contributed by atoms with Gasteiger partial charge in [0.2, 0.25) is 0 Å². The Labute approximate surface area is 149 Å². The van der Waals surface area contributed by atoms with Crippen LogP contribution in [0.5, 0.6) is 0 Å². The van der Waals surface area contributed by atoms with Gasteiger partial charge in [0.15, 0.2) is 0 Å². The number of rotatable bonds is 7. The second-order valence-electron chi connectivity index (χ2n) is 6.09. The topological polar surface area (TPSA) is 72.3 Å². The number of hydrogen-bond acceptors (Lipinski definition) is 4. The molecule has 0 bridgehead atoms. The predicted molar refractivity (Wildman–Crippen MR) is 96.2 cm³/mol. The summed E-state index contributed by atoms with van der Waals surface area (Å²) in [5.41, 5.74) is 4.08. The fourth-order valence-electron chi connectivity index (χ4n) is 2.72.